The third kappa shape index (κ3) is 3.13. The lowest BCUT2D eigenvalue weighted by molar-refractivity contribution is -0.127. The second kappa shape index (κ2) is 5.86. The highest BCUT2D eigenvalue weighted by Gasteiger charge is 2.29. The van der Waals surface area contributed by atoms with Gasteiger partial charge in [-0.1, -0.05) is 6.92 Å². The maximum Gasteiger partial charge on any atom is 0.244 e. The van der Waals surface area contributed by atoms with E-state index in [1.165, 1.54) is 0 Å². The summed E-state index contributed by atoms with van der Waals surface area (Å²) in [5.41, 5.74) is 0. The van der Waals surface area contributed by atoms with E-state index in [1.54, 1.807) is 4.90 Å². The van der Waals surface area contributed by atoms with Crippen LogP contribution in [0.2, 0.25) is 0 Å². The number of anilines is 2. The molecule has 19 heavy (non-hydrogen) atoms. The molecule has 0 radical (unpaired) electrons. The van der Waals surface area contributed by atoms with Gasteiger partial charge in [0.2, 0.25) is 5.91 Å². The Hall–Kier alpha value is -1.85. The Morgan fingerprint density at radius 3 is 2.74 bits per heavy atom. The molecule has 1 aromatic heterocycles. The summed E-state index contributed by atoms with van der Waals surface area (Å²) >= 11 is 0. The molecule has 1 aliphatic heterocycles. The van der Waals surface area contributed by atoms with E-state index in [0.717, 1.165) is 43.3 Å². The normalized spacial score (nSPS) is 18.8. The lowest BCUT2D eigenvalue weighted by Gasteiger charge is -2.14. The maximum absolute atomic E-state index is 11.9. The van der Waals surface area contributed by atoms with Crippen LogP contribution in [0.5, 0.6) is 0 Å². The molecule has 1 saturated heterocycles. The van der Waals surface area contributed by atoms with Gasteiger partial charge in [0.05, 0.1) is 0 Å². The highest BCUT2D eigenvalue weighted by molar-refractivity contribution is 5.86. The standard InChI is InChI=1S/C13H21N5O/c1-4-5-10-16-11(14-2)8-12(17-10)15-9-6-7-18(3)13(9)19/h8-9H,4-7H2,1-3H3,(H2,14,15,16,17). The third-order valence-electron chi connectivity index (χ3n) is 3.25. The second-order valence-corrected chi connectivity index (χ2v) is 4.80. The molecule has 0 spiro atoms. The molecule has 1 atom stereocenters. The Morgan fingerprint density at radius 1 is 1.42 bits per heavy atom. The van der Waals surface area contributed by atoms with Crippen molar-refractivity contribution in [3.05, 3.63) is 11.9 Å². The molecule has 1 fully saturated rings. The van der Waals surface area contributed by atoms with Crippen LogP contribution in [0.25, 0.3) is 0 Å². The van der Waals surface area contributed by atoms with Crippen LogP contribution >= 0.6 is 0 Å². The summed E-state index contributed by atoms with van der Waals surface area (Å²) < 4.78 is 0. The number of hydrogen-bond acceptors (Lipinski definition) is 5. The number of hydrogen-bond donors (Lipinski definition) is 2. The minimum absolute atomic E-state index is 0.127. The van der Waals surface area contributed by atoms with Crippen molar-refractivity contribution in [1.82, 2.24) is 14.9 Å². The van der Waals surface area contributed by atoms with Crippen molar-refractivity contribution < 1.29 is 4.79 Å². The van der Waals surface area contributed by atoms with Crippen molar-refractivity contribution in [2.75, 3.05) is 31.3 Å². The van der Waals surface area contributed by atoms with Gasteiger partial charge >= 0.3 is 0 Å². The second-order valence-electron chi connectivity index (χ2n) is 4.80. The van der Waals surface area contributed by atoms with Crippen molar-refractivity contribution in [3.8, 4) is 0 Å². The zero-order valence-corrected chi connectivity index (χ0v) is 11.7. The van der Waals surface area contributed by atoms with Crippen molar-refractivity contribution in [2.24, 2.45) is 0 Å². The fraction of sp³-hybridized carbons (Fsp3) is 0.615. The van der Waals surface area contributed by atoms with Crippen molar-refractivity contribution >= 4 is 17.5 Å². The van der Waals surface area contributed by atoms with E-state index in [-0.39, 0.29) is 11.9 Å². The Morgan fingerprint density at radius 2 is 2.16 bits per heavy atom. The van der Waals surface area contributed by atoms with E-state index in [0.29, 0.717) is 0 Å². The van der Waals surface area contributed by atoms with Gasteiger partial charge in [-0.3, -0.25) is 4.79 Å². The number of nitrogens with zero attached hydrogens (tertiary/aromatic N) is 3. The zero-order chi connectivity index (χ0) is 13.8. The van der Waals surface area contributed by atoms with E-state index in [9.17, 15) is 4.79 Å². The average molecular weight is 263 g/mol. The predicted octanol–water partition coefficient (Wildman–Crippen LogP) is 1.11. The van der Waals surface area contributed by atoms with Crippen molar-refractivity contribution in [1.29, 1.82) is 0 Å². The van der Waals surface area contributed by atoms with Gasteiger partial charge < -0.3 is 15.5 Å². The lowest BCUT2D eigenvalue weighted by Crippen LogP contribution is -2.31. The first-order valence-corrected chi connectivity index (χ1v) is 6.71. The number of carbonyl (C=O) groups is 1. The number of aryl methyl sites for hydroxylation is 1. The van der Waals surface area contributed by atoms with E-state index in [4.69, 9.17) is 0 Å². The first-order chi connectivity index (χ1) is 9.13. The van der Waals surface area contributed by atoms with Gasteiger partial charge in [0.1, 0.15) is 23.5 Å². The lowest BCUT2D eigenvalue weighted by atomic mass is 10.2. The van der Waals surface area contributed by atoms with Crippen LogP contribution in [0.4, 0.5) is 11.6 Å². The minimum Gasteiger partial charge on any atom is -0.373 e. The molecule has 0 bridgehead atoms. The van der Waals surface area contributed by atoms with Crippen LogP contribution in [-0.4, -0.2) is 47.5 Å². The Balaban J connectivity index is 2.15. The number of carbonyl (C=O) groups excluding carboxylic acids is 1. The van der Waals surface area contributed by atoms with Gasteiger partial charge in [0.15, 0.2) is 0 Å². The number of nitrogens with one attached hydrogen (secondary N) is 2. The fourth-order valence-electron chi connectivity index (χ4n) is 2.17. The maximum atomic E-state index is 11.9. The van der Waals surface area contributed by atoms with E-state index < -0.39 is 0 Å². The number of likely N-dealkylation sites (N-methyl/N-ethyl adjacent to an activating group) is 1. The zero-order valence-electron chi connectivity index (χ0n) is 11.7. The molecule has 104 valence electrons. The molecule has 6 nitrogen and oxygen atoms in total. The molecule has 2 heterocycles. The molecule has 6 heteroatoms. The van der Waals surface area contributed by atoms with Gasteiger partial charge in [-0.15, -0.1) is 0 Å². The van der Waals surface area contributed by atoms with E-state index >= 15 is 0 Å². The van der Waals surface area contributed by atoms with Gasteiger partial charge in [-0.25, -0.2) is 9.97 Å². The molecule has 1 aromatic rings. The summed E-state index contributed by atoms with van der Waals surface area (Å²) in [6.07, 6.45) is 2.65. The summed E-state index contributed by atoms with van der Waals surface area (Å²) in [5, 5.41) is 6.24. The minimum atomic E-state index is -0.168. The number of amides is 1. The van der Waals surface area contributed by atoms with Crippen LogP contribution in [0.1, 0.15) is 25.6 Å². The Bertz CT molecular complexity index is 462. The molecule has 2 rings (SSSR count). The fourth-order valence-corrected chi connectivity index (χ4v) is 2.17. The van der Waals surface area contributed by atoms with Crippen molar-refractivity contribution in [3.63, 3.8) is 0 Å². The molecular weight excluding hydrogens is 242 g/mol. The summed E-state index contributed by atoms with van der Waals surface area (Å²) in [5.74, 6) is 2.42. The quantitative estimate of drug-likeness (QED) is 0.833. The van der Waals surface area contributed by atoms with Crippen molar-refractivity contribution in [2.45, 2.75) is 32.2 Å². The molecule has 0 saturated carbocycles. The highest BCUT2D eigenvalue weighted by atomic mass is 16.2. The highest BCUT2D eigenvalue weighted by Crippen LogP contribution is 2.17. The third-order valence-corrected chi connectivity index (χ3v) is 3.25. The predicted molar refractivity (Wildman–Crippen MR) is 75.2 cm³/mol. The van der Waals surface area contributed by atoms with Crippen LogP contribution in [-0.2, 0) is 11.2 Å². The average Bonchev–Trinajstić information content (AvgIpc) is 2.71. The first-order valence-electron chi connectivity index (χ1n) is 6.71. The summed E-state index contributed by atoms with van der Waals surface area (Å²) in [6, 6.07) is 1.67. The SMILES string of the molecule is CCCc1nc(NC)cc(NC2CCN(C)C2=O)n1. The molecule has 0 aliphatic carbocycles. The van der Waals surface area contributed by atoms with Crippen LogP contribution in [0.15, 0.2) is 6.07 Å². The Labute approximate surface area is 113 Å². The van der Waals surface area contributed by atoms with Crippen LogP contribution in [0, 0.1) is 0 Å². The Kier molecular flexibility index (Phi) is 4.19. The van der Waals surface area contributed by atoms with Gasteiger partial charge in [-0.2, -0.15) is 0 Å². The monoisotopic (exact) mass is 263 g/mol. The molecule has 1 aliphatic rings. The van der Waals surface area contributed by atoms with Gasteiger partial charge in [-0.05, 0) is 12.8 Å². The molecule has 2 N–H and O–H groups in total. The summed E-state index contributed by atoms with van der Waals surface area (Å²) in [4.78, 5) is 22.5. The van der Waals surface area contributed by atoms with Gasteiger partial charge in [0.25, 0.3) is 0 Å². The largest absolute Gasteiger partial charge is 0.373 e. The number of aromatic nitrogens is 2. The van der Waals surface area contributed by atoms with Crippen LogP contribution < -0.4 is 10.6 Å². The molecule has 1 unspecified atom stereocenters. The first kappa shape index (κ1) is 13.6. The van der Waals surface area contributed by atoms with Gasteiger partial charge in [0, 0.05) is 33.1 Å². The number of rotatable bonds is 5. The topological polar surface area (TPSA) is 70.2 Å². The summed E-state index contributed by atoms with van der Waals surface area (Å²) in [7, 11) is 3.65. The molecular formula is C13H21N5O. The van der Waals surface area contributed by atoms with E-state index in [1.807, 2.05) is 20.2 Å². The van der Waals surface area contributed by atoms with Crippen LogP contribution in [0.3, 0.4) is 0 Å². The molecule has 0 aromatic carbocycles. The number of likely N-dealkylation sites (tertiary alicyclic amines) is 1. The smallest absolute Gasteiger partial charge is 0.244 e. The summed E-state index contributed by atoms with van der Waals surface area (Å²) in [6.45, 7) is 2.89. The molecule has 1 amide bonds. The van der Waals surface area contributed by atoms with E-state index in [2.05, 4.69) is 27.5 Å².